The standard InChI is InChI=1S/C8H8O2.CH4/c1-6-4-2-3-5-7(6)8(9)10;/h2-5H,1H3,(H,9,10);1H4. The van der Waals surface area contributed by atoms with Crippen molar-refractivity contribution in [3.05, 3.63) is 35.4 Å². The van der Waals surface area contributed by atoms with Gasteiger partial charge >= 0.3 is 5.97 Å². The molecule has 2 nitrogen and oxygen atoms in total. The van der Waals surface area contributed by atoms with Crippen LogP contribution in [0.25, 0.3) is 0 Å². The van der Waals surface area contributed by atoms with Gasteiger partial charge in [0, 0.05) is 0 Å². The number of carboxylic acids is 1. The highest BCUT2D eigenvalue weighted by atomic mass is 16.4. The fourth-order valence-corrected chi connectivity index (χ4v) is 0.813. The number of aromatic carboxylic acids is 1. The van der Waals surface area contributed by atoms with Gasteiger partial charge in [-0.15, -0.1) is 0 Å². The number of carboxylic acid groups (broad SMARTS) is 1. The lowest BCUT2D eigenvalue weighted by atomic mass is 10.1. The summed E-state index contributed by atoms with van der Waals surface area (Å²) in [5.74, 6) is -0.863. The van der Waals surface area contributed by atoms with Crippen molar-refractivity contribution in [1.29, 1.82) is 0 Å². The Morgan fingerprint density at radius 2 is 1.91 bits per heavy atom. The Morgan fingerprint density at radius 1 is 1.36 bits per heavy atom. The summed E-state index contributed by atoms with van der Waals surface area (Å²) in [6, 6.07) is 6.92. The van der Waals surface area contributed by atoms with Crippen LogP contribution in [0, 0.1) is 6.92 Å². The van der Waals surface area contributed by atoms with Gasteiger partial charge in [0.25, 0.3) is 0 Å². The molecule has 0 aliphatic rings. The van der Waals surface area contributed by atoms with Crippen LogP contribution >= 0.6 is 0 Å². The van der Waals surface area contributed by atoms with E-state index in [9.17, 15) is 4.79 Å². The van der Waals surface area contributed by atoms with Crippen molar-refractivity contribution < 1.29 is 9.90 Å². The van der Waals surface area contributed by atoms with Crippen LogP contribution < -0.4 is 0 Å². The fraction of sp³-hybridized carbons (Fsp3) is 0.222. The van der Waals surface area contributed by atoms with Gasteiger partial charge in [-0.3, -0.25) is 0 Å². The van der Waals surface area contributed by atoms with Crippen molar-refractivity contribution >= 4 is 5.97 Å². The van der Waals surface area contributed by atoms with Crippen LogP contribution in [-0.2, 0) is 0 Å². The lowest BCUT2D eigenvalue weighted by Gasteiger charge is -1.96. The summed E-state index contributed by atoms with van der Waals surface area (Å²) in [6.45, 7) is 1.78. The highest BCUT2D eigenvalue weighted by Gasteiger charge is 2.02. The molecule has 0 saturated heterocycles. The second-order valence-corrected chi connectivity index (χ2v) is 2.12. The summed E-state index contributed by atoms with van der Waals surface area (Å²) in [7, 11) is 0. The van der Waals surface area contributed by atoms with E-state index < -0.39 is 5.97 Å². The molecule has 0 saturated carbocycles. The first-order valence-electron chi connectivity index (χ1n) is 3.01. The van der Waals surface area contributed by atoms with Crippen LogP contribution in [0.3, 0.4) is 0 Å². The molecule has 11 heavy (non-hydrogen) atoms. The summed E-state index contributed by atoms with van der Waals surface area (Å²) in [6.07, 6.45) is 0. The second-order valence-electron chi connectivity index (χ2n) is 2.12. The van der Waals surface area contributed by atoms with E-state index in [1.807, 2.05) is 6.07 Å². The summed E-state index contributed by atoms with van der Waals surface area (Å²) in [4.78, 5) is 10.4. The zero-order valence-corrected chi connectivity index (χ0v) is 5.66. The molecule has 0 radical (unpaired) electrons. The number of hydrogen-bond donors (Lipinski definition) is 1. The Kier molecular flexibility index (Phi) is 3.31. The number of hydrogen-bond acceptors (Lipinski definition) is 1. The number of carbonyl (C=O) groups is 1. The predicted molar refractivity (Wildman–Crippen MR) is 44.9 cm³/mol. The molecule has 1 N–H and O–H groups in total. The summed E-state index contributed by atoms with van der Waals surface area (Å²) in [5.41, 5.74) is 1.18. The van der Waals surface area contributed by atoms with Gasteiger partial charge in [0.05, 0.1) is 5.56 Å². The third-order valence-corrected chi connectivity index (χ3v) is 1.38. The largest absolute Gasteiger partial charge is 0.478 e. The fourth-order valence-electron chi connectivity index (χ4n) is 0.813. The molecule has 0 bridgehead atoms. The average molecular weight is 152 g/mol. The molecule has 0 aliphatic heterocycles. The quantitative estimate of drug-likeness (QED) is 0.670. The maximum atomic E-state index is 10.4. The zero-order chi connectivity index (χ0) is 7.56. The summed E-state index contributed by atoms with van der Waals surface area (Å²) in [5, 5.41) is 8.57. The van der Waals surface area contributed by atoms with E-state index in [1.165, 1.54) is 0 Å². The van der Waals surface area contributed by atoms with Gasteiger partial charge in [-0.05, 0) is 18.6 Å². The normalized spacial score (nSPS) is 8.45. The highest BCUT2D eigenvalue weighted by Crippen LogP contribution is 2.05. The van der Waals surface area contributed by atoms with E-state index >= 15 is 0 Å². The Hall–Kier alpha value is -1.31. The molecule has 0 amide bonds. The monoisotopic (exact) mass is 152 g/mol. The van der Waals surface area contributed by atoms with E-state index in [0.717, 1.165) is 5.56 Å². The molecule has 60 valence electrons. The van der Waals surface area contributed by atoms with Crippen LogP contribution in [0.5, 0.6) is 0 Å². The van der Waals surface area contributed by atoms with Crippen molar-refractivity contribution in [2.24, 2.45) is 0 Å². The maximum Gasteiger partial charge on any atom is 0.335 e. The Balaban J connectivity index is 0.000001000. The predicted octanol–water partition coefficient (Wildman–Crippen LogP) is 2.33. The number of benzene rings is 1. The number of rotatable bonds is 1. The van der Waals surface area contributed by atoms with E-state index in [2.05, 4.69) is 0 Å². The topological polar surface area (TPSA) is 37.3 Å². The van der Waals surface area contributed by atoms with Crippen LogP contribution in [0.1, 0.15) is 23.3 Å². The molecule has 0 fully saturated rings. The molecule has 0 unspecified atom stereocenters. The van der Waals surface area contributed by atoms with Crippen molar-refractivity contribution in [2.75, 3.05) is 0 Å². The molecule has 0 heterocycles. The van der Waals surface area contributed by atoms with Crippen molar-refractivity contribution in [3.63, 3.8) is 0 Å². The molecule has 0 spiro atoms. The lowest BCUT2D eigenvalue weighted by molar-refractivity contribution is 0.0696. The molecule has 0 atom stereocenters. The van der Waals surface area contributed by atoms with Crippen LogP contribution in [-0.4, -0.2) is 11.1 Å². The first-order chi connectivity index (χ1) is 4.72. The minimum atomic E-state index is -0.863. The molecule has 2 heteroatoms. The van der Waals surface area contributed by atoms with Gasteiger partial charge < -0.3 is 5.11 Å². The Bertz CT molecular complexity index is 253. The van der Waals surface area contributed by atoms with Gasteiger partial charge in [-0.25, -0.2) is 4.79 Å². The van der Waals surface area contributed by atoms with E-state index in [1.54, 1.807) is 25.1 Å². The minimum Gasteiger partial charge on any atom is -0.478 e. The minimum absolute atomic E-state index is 0. The summed E-state index contributed by atoms with van der Waals surface area (Å²) < 4.78 is 0. The third kappa shape index (κ3) is 2.08. The SMILES string of the molecule is C.Cc1ccccc1C(=O)O. The third-order valence-electron chi connectivity index (χ3n) is 1.38. The Morgan fingerprint density at radius 3 is 2.27 bits per heavy atom. The maximum absolute atomic E-state index is 10.4. The molecule has 1 rings (SSSR count). The molecule has 0 aromatic heterocycles. The van der Waals surface area contributed by atoms with E-state index in [0.29, 0.717) is 5.56 Å². The van der Waals surface area contributed by atoms with Crippen LogP contribution in [0.4, 0.5) is 0 Å². The van der Waals surface area contributed by atoms with Gasteiger partial charge in [-0.2, -0.15) is 0 Å². The molecular weight excluding hydrogens is 140 g/mol. The average Bonchev–Trinajstić information content (AvgIpc) is 1.88. The number of aryl methyl sites for hydroxylation is 1. The first-order valence-corrected chi connectivity index (χ1v) is 3.01. The second kappa shape index (κ2) is 3.76. The van der Waals surface area contributed by atoms with Gasteiger partial charge in [-0.1, -0.05) is 25.6 Å². The Labute approximate surface area is 66.5 Å². The van der Waals surface area contributed by atoms with E-state index in [-0.39, 0.29) is 7.43 Å². The van der Waals surface area contributed by atoms with Crippen LogP contribution in [0.15, 0.2) is 24.3 Å². The lowest BCUT2D eigenvalue weighted by Crippen LogP contribution is -1.97. The van der Waals surface area contributed by atoms with Crippen molar-refractivity contribution in [2.45, 2.75) is 14.4 Å². The molecule has 1 aromatic rings. The van der Waals surface area contributed by atoms with Gasteiger partial charge in [0.1, 0.15) is 0 Å². The smallest absolute Gasteiger partial charge is 0.335 e. The van der Waals surface area contributed by atoms with Crippen molar-refractivity contribution in [1.82, 2.24) is 0 Å². The van der Waals surface area contributed by atoms with E-state index in [4.69, 9.17) is 5.11 Å². The molecule has 0 aliphatic carbocycles. The summed E-state index contributed by atoms with van der Waals surface area (Å²) >= 11 is 0. The highest BCUT2D eigenvalue weighted by molar-refractivity contribution is 5.89. The first kappa shape index (κ1) is 9.69. The van der Waals surface area contributed by atoms with Crippen LogP contribution in [0.2, 0.25) is 0 Å². The van der Waals surface area contributed by atoms with Gasteiger partial charge in [0.2, 0.25) is 0 Å². The molecular formula is C9H12O2. The van der Waals surface area contributed by atoms with Crippen molar-refractivity contribution in [3.8, 4) is 0 Å². The zero-order valence-electron chi connectivity index (χ0n) is 5.66. The van der Waals surface area contributed by atoms with Gasteiger partial charge in [0.15, 0.2) is 0 Å². The molecule has 1 aromatic carbocycles.